The summed E-state index contributed by atoms with van der Waals surface area (Å²) in [4.78, 5) is 13.3. The van der Waals surface area contributed by atoms with Gasteiger partial charge in [0.15, 0.2) is 0 Å². The smallest absolute Gasteiger partial charge is 0.255 e. The van der Waals surface area contributed by atoms with E-state index in [2.05, 4.69) is 0 Å². The molecule has 0 unspecified atom stereocenters. The van der Waals surface area contributed by atoms with Crippen LogP contribution in [0.25, 0.3) is 0 Å². The van der Waals surface area contributed by atoms with Gasteiger partial charge in [0.2, 0.25) is 0 Å². The number of para-hydroxylation sites is 1. The van der Waals surface area contributed by atoms with E-state index >= 15 is 0 Å². The number of benzene rings is 1. The first-order valence-corrected chi connectivity index (χ1v) is 7.63. The van der Waals surface area contributed by atoms with Crippen LogP contribution in [0.2, 0.25) is 5.02 Å². The van der Waals surface area contributed by atoms with Gasteiger partial charge < -0.3 is 10.6 Å². The molecular formula is C11H15ClN2O3S. The van der Waals surface area contributed by atoms with E-state index in [1.54, 1.807) is 18.2 Å². The van der Waals surface area contributed by atoms with Crippen LogP contribution < -0.4 is 5.73 Å². The van der Waals surface area contributed by atoms with Gasteiger partial charge in [-0.15, -0.1) is 0 Å². The topological polar surface area (TPSA) is 80.5 Å². The molecule has 0 aliphatic carbocycles. The summed E-state index contributed by atoms with van der Waals surface area (Å²) in [5.74, 6) is -0.436. The quantitative estimate of drug-likeness (QED) is 0.840. The highest BCUT2D eigenvalue weighted by atomic mass is 35.5. The second-order valence-electron chi connectivity index (χ2n) is 4.06. The lowest BCUT2D eigenvalue weighted by atomic mass is 10.1. The summed E-state index contributed by atoms with van der Waals surface area (Å²) in [6.45, 7) is 0.115. The zero-order chi connectivity index (χ0) is 13.9. The number of nitrogens with zero attached hydrogens (tertiary/aromatic N) is 1. The summed E-state index contributed by atoms with van der Waals surface area (Å²) < 4.78 is 22.1. The molecule has 0 atom stereocenters. The Labute approximate surface area is 111 Å². The molecule has 0 spiro atoms. The van der Waals surface area contributed by atoms with Gasteiger partial charge in [-0.2, -0.15) is 0 Å². The molecule has 0 saturated carbocycles. The number of amides is 1. The molecule has 7 heteroatoms. The van der Waals surface area contributed by atoms with Crippen molar-refractivity contribution in [1.29, 1.82) is 0 Å². The fourth-order valence-electron chi connectivity index (χ4n) is 1.33. The van der Waals surface area contributed by atoms with Crippen molar-refractivity contribution in [1.82, 2.24) is 4.90 Å². The van der Waals surface area contributed by atoms with E-state index in [4.69, 9.17) is 17.3 Å². The molecule has 0 aromatic heterocycles. The molecule has 0 radical (unpaired) electrons. The van der Waals surface area contributed by atoms with E-state index in [1.165, 1.54) is 11.9 Å². The number of anilines is 1. The van der Waals surface area contributed by atoms with E-state index in [0.29, 0.717) is 5.02 Å². The molecule has 0 fully saturated rings. The van der Waals surface area contributed by atoms with E-state index in [-0.39, 0.29) is 29.5 Å². The average molecular weight is 291 g/mol. The number of nitrogen functional groups attached to an aromatic ring is 1. The van der Waals surface area contributed by atoms with Gasteiger partial charge in [-0.3, -0.25) is 4.79 Å². The number of rotatable bonds is 4. The highest BCUT2D eigenvalue weighted by Crippen LogP contribution is 2.23. The van der Waals surface area contributed by atoms with Gasteiger partial charge in [0.25, 0.3) is 5.91 Å². The predicted molar refractivity (Wildman–Crippen MR) is 72.5 cm³/mol. The first-order valence-electron chi connectivity index (χ1n) is 5.19. The van der Waals surface area contributed by atoms with Crippen LogP contribution >= 0.6 is 11.6 Å². The molecule has 0 heterocycles. The molecule has 5 nitrogen and oxygen atoms in total. The highest BCUT2D eigenvalue weighted by molar-refractivity contribution is 7.90. The molecule has 1 amide bonds. The normalized spacial score (nSPS) is 11.3. The number of carbonyl (C=O) groups excluding carboxylic acids is 1. The third-order valence-electron chi connectivity index (χ3n) is 2.43. The Balaban J connectivity index is 2.84. The maximum absolute atomic E-state index is 12.0. The first-order chi connectivity index (χ1) is 8.22. The van der Waals surface area contributed by atoms with E-state index in [9.17, 15) is 13.2 Å². The molecule has 0 aliphatic rings. The van der Waals surface area contributed by atoms with Crippen molar-refractivity contribution in [3.05, 3.63) is 28.8 Å². The van der Waals surface area contributed by atoms with E-state index in [0.717, 1.165) is 6.26 Å². The SMILES string of the molecule is CN(CCS(C)(=O)=O)C(=O)c1cccc(Cl)c1N. The molecule has 0 saturated heterocycles. The second kappa shape index (κ2) is 5.58. The summed E-state index contributed by atoms with van der Waals surface area (Å²) >= 11 is 5.82. The fraction of sp³-hybridized carbons (Fsp3) is 0.364. The third kappa shape index (κ3) is 3.89. The van der Waals surface area contributed by atoms with Crippen LogP contribution in [0.3, 0.4) is 0 Å². The van der Waals surface area contributed by atoms with Gasteiger partial charge in [-0.25, -0.2) is 8.42 Å². The van der Waals surface area contributed by atoms with Gasteiger partial charge in [0.1, 0.15) is 9.84 Å². The molecule has 100 valence electrons. The Morgan fingerprint density at radius 2 is 2.06 bits per heavy atom. The molecule has 1 rings (SSSR count). The van der Waals surface area contributed by atoms with Gasteiger partial charge in [-0.05, 0) is 12.1 Å². The van der Waals surface area contributed by atoms with Gasteiger partial charge >= 0.3 is 0 Å². The summed E-state index contributed by atoms with van der Waals surface area (Å²) in [6.07, 6.45) is 1.12. The lowest BCUT2D eigenvalue weighted by Crippen LogP contribution is -2.31. The molecule has 1 aromatic rings. The minimum Gasteiger partial charge on any atom is -0.397 e. The molecule has 1 aromatic carbocycles. The van der Waals surface area contributed by atoms with Gasteiger partial charge in [0.05, 0.1) is 22.0 Å². The summed E-state index contributed by atoms with van der Waals surface area (Å²) in [6, 6.07) is 4.76. The van der Waals surface area contributed by atoms with Crippen LogP contribution in [-0.4, -0.2) is 44.8 Å². The number of sulfone groups is 1. The molecule has 0 bridgehead atoms. The first kappa shape index (κ1) is 14.8. The zero-order valence-corrected chi connectivity index (χ0v) is 11.8. The Hall–Kier alpha value is -1.27. The van der Waals surface area contributed by atoms with Crippen molar-refractivity contribution < 1.29 is 13.2 Å². The molecule has 18 heavy (non-hydrogen) atoms. The zero-order valence-electron chi connectivity index (χ0n) is 10.2. The van der Waals surface area contributed by atoms with Crippen LogP contribution in [0.5, 0.6) is 0 Å². The maximum atomic E-state index is 12.0. The number of hydrogen-bond acceptors (Lipinski definition) is 4. The Kier molecular flexibility index (Phi) is 4.59. The van der Waals surface area contributed by atoms with Crippen molar-refractivity contribution in [2.75, 3.05) is 31.3 Å². The summed E-state index contributed by atoms with van der Waals surface area (Å²) in [7, 11) is -1.58. The number of hydrogen-bond donors (Lipinski definition) is 1. The lowest BCUT2D eigenvalue weighted by Gasteiger charge is -2.17. The van der Waals surface area contributed by atoms with Crippen LogP contribution in [0.1, 0.15) is 10.4 Å². The largest absolute Gasteiger partial charge is 0.397 e. The Morgan fingerprint density at radius 3 is 2.61 bits per heavy atom. The standard InChI is InChI=1S/C11H15ClN2O3S/c1-14(6-7-18(2,16)17)11(15)8-4-3-5-9(12)10(8)13/h3-5H,6-7,13H2,1-2H3. The van der Waals surface area contributed by atoms with Crippen molar-refractivity contribution in [3.8, 4) is 0 Å². The third-order valence-corrected chi connectivity index (χ3v) is 3.68. The Bertz CT molecular complexity index is 557. The number of halogens is 1. The summed E-state index contributed by atoms with van der Waals surface area (Å²) in [5, 5.41) is 0.303. The van der Waals surface area contributed by atoms with Crippen LogP contribution in [0, 0.1) is 0 Å². The van der Waals surface area contributed by atoms with Crippen molar-refractivity contribution >= 4 is 33.0 Å². The maximum Gasteiger partial charge on any atom is 0.255 e. The lowest BCUT2D eigenvalue weighted by molar-refractivity contribution is 0.0804. The van der Waals surface area contributed by atoms with Crippen LogP contribution in [0.15, 0.2) is 18.2 Å². The fourth-order valence-corrected chi connectivity index (χ4v) is 2.11. The van der Waals surface area contributed by atoms with E-state index in [1.807, 2.05) is 0 Å². The highest BCUT2D eigenvalue weighted by Gasteiger charge is 2.17. The van der Waals surface area contributed by atoms with Gasteiger partial charge in [0, 0.05) is 19.8 Å². The minimum absolute atomic E-state index is 0.0876. The van der Waals surface area contributed by atoms with E-state index < -0.39 is 9.84 Å². The predicted octanol–water partition coefficient (Wildman–Crippen LogP) is 1.04. The molecular weight excluding hydrogens is 276 g/mol. The minimum atomic E-state index is -3.10. The van der Waals surface area contributed by atoms with Crippen LogP contribution in [0.4, 0.5) is 5.69 Å². The number of nitrogens with two attached hydrogens (primary N) is 1. The van der Waals surface area contributed by atoms with Crippen molar-refractivity contribution in [3.63, 3.8) is 0 Å². The van der Waals surface area contributed by atoms with Gasteiger partial charge in [-0.1, -0.05) is 17.7 Å². The van der Waals surface area contributed by atoms with Crippen LogP contribution in [-0.2, 0) is 9.84 Å². The second-order valence-corrected chi connectivity index (χ2v) is 6.72. The average Bonchev–Trinajstić information content (AvgIpc) is 2.28. The monoisotopic (exact) mass is 290 g/mol. The molecule has 0 aliphatic heterocycles. The Morgan fingerprint density at radius 1 is 1.44 bits per heavy atom. The summed E-state index contributed by atoms with van der Waals surface area (Å²) in [5.41, 5.74) is 6.19. The van der Waals surface area contributed by atoms with Crippen molar-refractivity contribution in [2.45, 2.75) is 0 Å². The molecule has 2 N–H and O–H groups in total. The van der Waals surface area contributed by atoms with Crippen molar-refractivity contribution in [2.24, 2.45) is 0 Å². The number of carbonyl (C=O) groups is 1.